The Morgan fingerprint density at radius 2 is 1.95 bits per heavy atom. The number of halogens is 2. The topological polar surface area (TPSA) is 47.6 Å². The lowest BCUT2D eigenvalue weighted by Gasteiger charge is -2.12. The van der Waals surface area contributed by atoms with Crippen molar-refractivity contribution in [3.05, 3.63) is 38.0 Å². The maximum Gasteiger partial charge on any atom is 0.265 e. The zero-order valence-corrected chi connectivity index (χ0v) is 13.9. The Kier molecular flexibility index (Phi) is 4.91. The van der Waals surface area contributed by atoms with Crippen LogP contribution in [-0.4, -0.2) is 20.1 Å². The molecule has 7 heteroatoms. The number of anilines is 1. The van der Waals surface area contributed by atoms with Crippen LogP contribution in [0, 0.1) is 0 Å². The fraction of sp³-hybridized carbons (Fsp3) is 0.154. The summed E-state index contributed by atoms with van der Waals surface area (Å²) in [5, 5.41) is 3.17. The highest BCUT2D eigenvalue weighted by atomic mass is 79.9. The summed E-state index contributed by atoms with van der Waals surface area (Å²) in [6.07, 6.45) is 0. The Morgan fingerprint density at radius 1 is 1.25 bits per heavy atom. The van der Waals surface area contributed by atoms with Gasteiger partial charge in [0.25, 0.3) is 5.91 Å². The number of hydrogen-bond donors (Lipinski definition) is 1. The number of amides is 1. The number of ether oxygens (including phenoxy) is 2. The first-order valence-corrected chi connectivity index (χ1v) is 7.52. The monoisotopic (exact) mass is 375 g/mol. The average Bonchev–Trinajstić information content (AvgIpc) is 2.86. The van der Waals surface area contributed by atoms with Gasteiger partial charge in [-0.1, -0.05) is 11.6 Å². The van der Waals surface area contributed by atoms with Crippen LogP contribution in [0.25, 0.3) is 0 Å². The minimum Gasteiger partial charge on any atom is -0.495 e. The molecule has 0 spiro atoms. The smallest absolute Gasteiger partial charge is 0.265 e. The van der Waals surface area contributed by atoms with Gasteiger partial charge in [0.05, 0.1) is 33.6 Å². The molecule has 4 nitrogen and oxygen atoms in total. The summed E-state index contributed by atoms with van der Waals surface area (Å²) in [5.41, 5.74) is 0.493. The normalized spacial score (nSPS) is 10.2. The van der Waals surface area contributed by atoms with Crippen molar-refractivity contribution >= 4 is 50.5 Å². The summed E-state index contributed by atoms with van der Waals surface area (Å²) in [4.78, 5) is 12.7. The summed E-state index contributed by atoms with van der Waals surface area (Å²) in [6.45, 7) is 0. The Hall–Kier alpha value is -1.24. The molecule has 0 radical (unpaired) electrons. The van der Waals surface area contributed by atoms with Crippen LogP contribution >= 0.6 is 38.9 Å². The maximum absolute atomic E-state index is 12.1. The van der Waals surface area contributed by atoms with Crippen molar-refractivity contribution in [1.29, 1.82) is 0 Å². The third-order valence-electron chi connectivity index (χ3n) is 2.52. The number of thiophene rings is 1. The van der Waals surface area contributed by atoms with Gasteiger partial charge in [-0.15, -0.1) is 11.3 Å². The summed E-state index contributed by atoms with van der Waals surface area (Å²) in [7, 11) is 3.03. The van der Waals surface area contributed by atoms with Crippen molar-refractivity contribution in [3.63, 3.8) is 0 Å². The van der Waals surface area contributed by atoms with Gasteiger partial charge in [-0.3, -0.25) is 4.79 Å². The van der Waals surface area contributed by atoms with E-state index in [0.29, 0.717) is 27.1 Å². The van der Waals surface area contributed by atoms with Gasteiger partial charge in [-0.25, -0.2) is 0 Å². The molecule has 20 heavy (non-hydrogen) atoms. The van der Waals surface area contributed by atoms with Gasteiger partial charge in [0.1, 0.15) is 11.5 Å². The first kappa shape index (κ1) is 15.2. The van der Waals surface area contributed by atoms with E-state index < -0.39 is 0 Å². The number of carbonyl (C=O) groups excluding carboxylic acids is 1. The summed E-state index contributed by atoms with van der Waals surface area (Å²) in [6, 6.07) is 6.78. The highest BCUT2D eigenvalue weighted by Crippen LogP contribution is 2.36. The SMILES string of the molecule is COc1cc(OC)c(NC(=O)c2ccc(Br)s2)cc1Cl. The lowest BCUT2D eigenvalue weighted by molar-refractivity contribution is 0.103. The van der Waals surface area contributed by atoms with Crippen molar-refractivity contribution in [1.82, 2.24) is 0 Å². The van der Waals surface area contributed by atoms with E-state index in [9.17, 15) is 4.79 Å². The van der Waals surface area contributed by atoms with E-state index in [4.69, 9.17) is 21.1 Å². The standard InChI is InChI=1S/C13H11BrClNO3S/c1-18-9-6-10(19-2)8(5-7(9)15)16-13(17)11-3-4-12(14)20-11/h3-6H,1-2H3,(H,16,17). The molecule has 1 aromatic carbocycles. The lowest BCUT2D eigenvalue weighted by atomic mass is 10.2. The van der Waals surface area contributed by atoms with Crippen LogP contribution in [0.2, 0.25) is 5.02 Å². The third-order valence-corrected chi connectivity index (χ3v) is 4.44. The fourth-order valence-electron chi connectivity index (χ4n) is 1.58. The predicted molar refractivity (Wildman–Crippen MR) is 84.5 cm³/mol. The van der Waals surface area contributed by atoms with E-state index in [1.807, 2.05) is 6.07 Å². The Morgan fingerprint density at radius 3 is 2.50 bits per heavy atom. The first-order valence-electron chi connectivity index (χ1n) is 5.53. The molecule has 1 aromatic heterocycles. The first-order chi connectivity index (χ1) is 9.55. The van der Waals surface area contributed by atoms with E-state index >= 15 is 0 Å². The maximum atomic E-state index is 12.1. The molecule has 0 saturated carbocycles. The van der Waals surface area contributed by atoms with Gasteiger partial charge in [0.2, 0.25) is 0 Å². The molecule has 2 rings (SSSR count). The predicted octanol–water partition coefficient (Wildman–Crippen LogP) is 4.43. The van der Waals surface area contributed by atoms with Gasteiger partial charge in [-0.2, -0.15) is 0 Å². The van der Waals surface area contributed by atoms with Crippen molar-refractivity contribution < 1.29 is 14.3 Å². The van der Waals surface area contributed by atoms with Crippen LogP contribution < -0.4 is 14.8 Å². The van der Waals surface area contributed by atoms with Gasteiger partial charge in [0, 0.05) is 6.07 Å². The van der Waals surface area contributed by atoms with Crippen LogP contribution in [-0.2, 0) is 0 Å². The molecule has 1 heterocycles. The Bertz CT molecular complexity index is 645. The molecular formula is C13H11BrClNO3S. The number of methoxy groups -OCH3 is 2. The highest BCUT2D eigenvalue weighted by Gasteiger charge is 2.14. The molecule has 0 bridgehead atoms. The zero-order valence-electron chi connectivity index (χ0n) is 10.7. The van der Waals surface area contributed by atoms with Gasteiger partial charge in [0.15, 0.2) is 0 Å². The van der Waals surface area contributed by atoms with Crippen molar-refractivity contribution in [2.45, 2.75) is 0 Å². The van der Waals surface area contributed by atoms with Crippen LogP contribution in [0.5, 0.6) is 11.5 Å². The molecule has 1 amide bonds. The molecule has 0 aliphatic carbocycles. The molecule has 0 aliphatic rings. The third kappa shape index (κ3) is 3.26. The minimum atomic E-state index is -0.222. The quantitative estimate of drug-likeness (QED) is 0.858. The summed E-state index contributed by atoms with van der Waals surface area (Å²) >= 11 is 10.7. The number of carbonyl (C=O) groups is 1. The van der Waals surface area contributed by atoms with Crippen LogP contribution in [0.4, 0.5) is 5.69 Å². The van der Waals surface area contributed by atoms with Crippen LogP contribution in [0.1, 0.15) is 9.67 Å². The molecule has 0 atom stereocenters. The van der Waals surface area contributed by atoms with Gasteiger partial charge < -0.3 is 14.8 Å². The molecule has 106 valence electrons. The average molecular weight is 377 g/mol. The van der Waals surface area contributed by atoms with E-state index in [0.717, 1.165) is 3.79 Å². The Labute approximate surface area is 133 Å². The van der Waals surface area contributed by atoms with E-state index in [1.54, 1.807) is 18.2 Å². The van der Waals surface area contributed by atoms with Crippen LogP contribution in [0.15, 0.2) is 28.1 Å². The molecule has 0 unspecified atom stereocenters. The molecule has 0 aliphatic heterocycles. The van der Waals surface area contributed by atoms with Crippen molar-refractivity contribution in [2.24, 2.45) is 0 Å². The number of hydrogen-bond acceptors (Lipinski definition) is 4. The van der Waals surface area contributed by atoms with Gasteiger partial charge >= 0.3 is 0 Å². The van der Waals surface area contributed by atoms with E-state index in [-0.39, 0.29) is 5.91 Å². The van der Waals surface area contributed by atoms with E-state index in [2.05, 4.69) is 21.2 Å². The largest absolute Gasteiger partial charge is 0.495 e. The molecule has 2 aromatic rings. The molecular weight excluding hydrogens is 366 g/mol. The molecule has 0 saturated heterocycles. The minimum absolute atomic E-state index is 0.222. The second kappa shape index (κ2) is 6.47. The van der Waals surface area contributed by atoms with Crippen LogP contribution in [0.3, 0.4) is 0 Å². The number of nitrogens with one attached hydrogen (secondary N) is 1. The number of rotatable bonds is 4. The lowest BCUT2D eigenvalue weighted by Crippen LogP contribution is -2.11. The molecule has 1 N–H and O–H groups in total. The number of benzene rings is 1. The second-order valence-corrected chi connectivity index (χ2v) is 6.62. The zero-order chi connectivity index (χ0) is 14.7. The van der Waals surface area contributed by atoms with Gasteiger partial charge in [-0.05, 0) is 34.1 Å². The summed E-state index contributed by atoms with van der Waals surface area (Å²) in [5.74, 6) is 0.746. The fourth-order valence-corrected chi connectivity index (χ4v) is 3.10. The van der Waals surface area contributed by atoms with Crippen molar-refractivity contribution in [3.8, 4) is 11.5 Å². The van der Waals surface area contributed by atoms with Crippen molar-refractivity contribution in [2.75, 3.05) is 19.5 Å². The Balaban J connectivity index is 2.28. The summed E-state index contributed by atoms with van der Waals surface area (Å²) < 4.78 is 11.2. The van der Waals surface area contributed by atoms with E-state index in [1.165, 1.54) is 25.6 Å². The second-order valence-electron chi connectivity index (χ2n) is 3.74. The molecule has 0 fully saturated rings. The highest BCUT2D eigenvalue weighted by molar-refractivity contribution is 9.11.